The number of amides is 4. The fourth-order valence-corrected chi connectivity index (χ4v) is 8.34. The van der Waals surface area contributed by atoms with Gasteiger partial charge < -0.3 is 5.11 Å². The predicted octanol–water partition coefficient (Wildman–Crippen LogP) is 4.84. The number of carbonyl (C=O) groups is 4. The molecule has 1 N–H and O–H groups in total. The van der Waals surface area contributed by atoms with Crippen molar-refractivity contribution in [3.8, 4) is 5.75 Å². The average Bonchev–Trinajstić information content (AvgIpc) is 3.20. The molecule has 1 saturated carbocycles. The number of imide groups is 2. The van der Waals surface area contributed by atoms with Crippen LogP contribution in [0.4, 0.5) is 5.69 Å². The molecule has 0 aromatic heterocycles. The number of phenols is 1. The Labute approximate surface area is 246 Å². The van der Waals surface area contributed by atoms with E-state index >= 15 is 0 Å². The van der Waals surface area contributed by atoms with Crippen LogP contribution in [0.3, 0.4) is 0 Å². The average molecular weight is 686 g/mol. The Morgan fingerprint density at radius 1 is 0.974 bits per heavy atom. The van der Waals surface area contributed by atoms with Crippen LogP contribution in [-0.2, 0) is 19.2 Å². The molecule has 2 saturated heterocycles. The van der Waals surface area contributed by atoms with Gasteiger partial charge in [-0.2, -0.15) is 0 Å². The molecule has 7 nitrogen and oxygen atoms in total. The lowest BCUT2D eigenvalue weighted by Crippen LogP contribution is -2.60. The summed E-state index contributed by atoms with van der Waals surface area (Å²) < 4.78 is 0.962. The van der Waals surface area contributed by atoms with E-state index in [1.807, 2.05) is 18.2 Å². The summed E-state index contributed by atoms with van der Waals surface area (Å²) >= 11 is 22.9. The Kier molecular flexibility index (Phi) is 5.96. The largest absolute Gasteiger partial charge is 0.508 e. The Hall–Kier alpha value is -2.14. The van der Waals surface area contributed by atoms with E-state index in [9.17, 15) is 24.3 Å². The van der Waals surface area contributed by atoms with Crippen LogP contribution < -0.4 is 4.90 Å². The first kappa shape index (κ1) is 26.1. The summed E-state index contributed by atoms with van der Waals surface area (Å²) in [6, 6.07) is 11.4. The number of aromatic hydroxyl groups is 1. The highest BCUT2D eigenvalue weighted by Gasteiger charge is 2.76. The predicted molar refractivity (Wildman–Crippen MR) is 150 cm³/mol. The molecule has 2 aliphatic carbocycles. The standard InChI is InChI=1S/C27H20Cl3IN2O5/c1-32-24(37)26(29)11-18-15(21(27(26,30)25(32)38)16-7-6-14(34)10-19(16)28)8-9-17-20(18)23(36)33(22(17)35)13-4-2-12(31)3-5-13/h2-8,10,17-18,20-21,34H,9,11H2,1H3. The minimum absolute atomic E-state index is 0.0831. The van der Waals surface area contributed by atoms with E-state index in [0.717, 1.165) is 8.47 Å². The number of hydrogen-bond acceptors (Lipinski definition) is 5. The van der Waals surface area contributed by atoms with E-state index in [1.165, 1.54) is 24.1 Å². The number of halogens is 4. The van der Waals surface area contributed by atoms with Crippen LogP contribution in [0.2, 0.25) is 5.02 Å². The molecule has 2 aromatic rings. The highest BCUT2D eigenvalue weighted by Crippen LogP contribution is 2.65. The molecule has 3 fully saturated rings. The van der Waals surface area contributed by atoms with Crippen molar-refractivity contribution >= 4 is 86.7 Å². The zero-order chi connectivity index (χ0) is 27.3. The van der Waals surface area contributed by atoms with Gasteiger partial charge in [0.15, 0.2) is 9.75 Å². The van der Waals surface area contributed by atoms with Gasteiger partial charge >= 0.3 is 0 Å². The van der Waals surface area contributed by atoms with Crippen molar-refractivity contribution in [3.63, 3.8) is 0 Å². The first-order chi connectivity index (χ1) is 17.9. The summed E-state index contributed by atoms with van der Waals surface area (Å²) in [4.78, 5) is 52.8. The van der Waals surface area contributed by atoms with E-state index < -0.39 is 45.2 Å². The molecule has 0 bridgehead atoms. The summed E-state index contributed by atoms with van der Waals surface area (Å²) in [5.41, 5.74) is 1.53. The fourth-order valence-electron chi connectivity index (χ4n) is 6.68. The third-order valence-corrected chi connectivity index (χ3v) is 10.9. The maximum absolute atomic E-state index is 13.9. The lowest BCUT2D eigenvalue weighted by Gasteiger charge is -2.51. The molecule has 6 atom stereocenters. The van der Waals surface area contributed by atoms with E-state index in [4.69, 9.17) is 34.8 Å². The number of phenolic OH excluding ortho intramolecular Hbond substituents is 1. The highest BCUT2D eigenvalue weighted by atomic mass is 127. The van der Waals surface area contributed by atoms with Crippen molar-refractivity contribution in [2.24, 2.45) is 17.8 Å². The molecule has 2 aromatic carbocycles. The SMILES string of the molecule is CN1C(=O)C2(Cl)CC3C(=CCC4C(=O)N(c5ccc(I)cc5)C(=O)C43)C(c3ccc(O)cc3Cl)C2(Cl)C1=O. The molecule has 6 rings (SSSR count). The molecule has 4 amide bonds. The normalized spacial score (nSPS) is 34.3. The molecule has 2 aliphatic heterocycles. The third-order valence-electron chi connectivity index (χ3n) is 8.39. The van der Waals surface area contributed by atoms with Gasteiger partial charge in [0, 0.05) is 21.6 Å². The van der Waals surface area contributed by atoms with E-state index in [1.54, 1.807) is 18.2 Å². The van der Waals surface area contributed by atoms with Gasteiger partial charge in [-0.05, 0) is 83.3 Å². The smallest absolute Gasteiger partial charge is 0.253 e. The van der Waals surface area contributed by atoms with Crippen LogP contribution in [-0.4, -0.2) is 50.4 Å². The number of fused-ring (bicyclic) bond motifs is 4. The number of alkyl halides is 2. The Bertz CT molecular complexity index is 1480. The lowest BCUT2D eigenvalue weighted by molar-refractivity contribution is -0.138. The van der Waals surface area contributed by atoms with Gasteiger partial charge in [-0.25, -0.2) is 0 Å². The first-order valence-electron chi connectivity index (χ1n) is 11.9. The monoisotopic (exact) mass is 684 g/mol. The second-order valence-corrected chi connectivity index (χ2v) is 13.1. The van der Waals surface area contributed by atoms with Crippen molar-refractivity contribution in [2.75, 3.05) is 11.9 Å². The first-order valence-corrected chi connectivity index (χ1v) is 14.1. The summed E-state index contributed by atoms with van der Waals surface area (Å²) in [5.74, 6) is -5.12. The van der Waals surface area contributed by atoms with Crippen LogP contribution in [0, 0.1) is 21.3 Å². The van der Waals surface area contributed by atoms with Crippen LogP contribution in [0.5, 0.6) is 5.75 Å². The van der Waals surface area contributed by atoms with E-state index in [0.29, 0.717) is 16.8 Å². The van der Waals surface area contributed by atoms with Crippen molar-refractivity contribution < 1.29 is 24.3 Å². The van der Waals surface area contributed by atoms with Crippen molar-refractivity contribution in [1.82, 2.24) is 4.90 Å². The van der Waals surface area contributed by atoms with E-state index in [-0.39, 0.29) is 35.4 Å². The number of nitrogens with zero attached hydrogens (tertiary/aromatic N) is 2. The summed E-state index contributed by atoms with van der Waals surface area (Å²) in [6.45, 7) is 0. The Balaban J connectivity index is 1.52. The number of carbonyl (C=O) groups excluding carboxylic acids is 4. The number of rotatable bonds is 2. The van der Waals surface area contributed by atoms with Crippen LogP contribution in [0.25, 0.3) is 0 Å². The van der Waals surface area contributed by atoms with Crippen LogP contribution >= 0.6 is 57.4 Å². The molecular weight excluding hydrogens is 666 g/mol. The zero-order valence-electron chi connectivity index (χ0n) is 19.8. The quantitative estimate of drug-likeness (QED) is 0.211. The minimum atomic E-state index is -1.92. The molecule has 6 unspecified atom stereocenters. The van der Waals surface area contributed by atoms with Gasteiger partial charge in [0.2, 0.25) is 11.8 Å². The van der Waals surface area contributed by atoms with Crippen molar-refractivity contribution in [1.29, 1.82) is 0 Å². The number of hydrogen-bond donors (Lipinski definition) is 1. The van der Waals surface area contributed by atoms with Crippen LogP contribution in [0.1, 0.15) is 24.3 Å². The fraction of sp³-hybridized carbons (Fsp3) is 0.333. The Morgan fingerprint density at radius 2 is 1.66 bits per heavy atom. The molecule has 0 spiro atoms. The maximum Gasteiger partial charge on any atom is 0.253 e. The minimum Gasteiger partial charge on any atom is -0.508 e. The summed E-state index contributed by atoms with van der Waals surface area (Å²) in [5, 5.41) is 10.1. The maximum atomic E-state index is 13.9. The second kappa shape index (κ2) is 8.68. The number of likely N-dealkylation sites (tertiary alicyclic amines) is 1. The van der Waals surface area contributed by atoms with Gasteiger partial charge in [0.25, 0.3) is 11.8 Å². The topological polar surface area (TPSA) is 95.0 Å². The second-order valence-electron chi connectivity index (χ2n) is 10.2. The summed E-state index contributed by atoms with van der Waals surface area (Å²) in [6.07, 6.45) is 2.01. The van der Waals surface area contributed by atoms with Crippen molar-refractivity contribution in [2.45, 2.75) is 28.5 Å². The lowest BCUT2D eigenvalue weighted by atomic mass is 9.56. The van der Waals surface area contributed by atoms with Crippen molar-refractivity contribution in [3.05, 3.63) is 68.3 Å². The van der Waals surface area contributed by atoms with Gasteiger partial charge in [-0.3, -0.25) is 29.0 Å². The number of allylic oxidation sites excluding steroid dienone is 2. The third kappa shape index (κ3) is 3.26. The molecular formula is C27H20Cl3IN2O5. The molecule has 4 aliphatic rings. The number of anilines is 1. The molecule has 38 heavy (non-hydrogen) atoms. The zero-order valence-corrected chi connectivity index (χ0v) is 24.3. The molecule has 11 heteroatoms. The van der Waals surface area contributed by atoms with Gasteiger partial charge in [0.05, 0.1) is 17.5 Å². The molecule has 2 heterocycles. The van der Waals surface area contributed by atoms with Gasteiger partial charge in [-0.1, -0.05) is 29.3 Å². The van der Waals surface area contributed by atoms with Gasteiger partial charge in [-0.15, -0.1) is 23.2 Å². The van der Waals surface area contributed by atoms with Gasteiger partial charge in [0.1, 0.15) is 5.75 Å². The highest BCUT2D eigenvalue weighted by molar-refractivity contribution is 14.1. The van der Waals surface area contributed by atoms with Crippen LogP contribution in [0.15, 0.2) is 54.1 Å². The Morgan fingerprint density at radius 3 is 2.32 bits per heavy atom. The molecule has 196 valence electrons. The summed E-state index contributed by atoms with van der Waals surface area (Å²) in [7, 11) is 1.33. The van der Waals surface area contributed by atoms with E-state index in [2.05, 4.69) is 22.6 Å². The number of benzene rings is 2. The molecule has 0 radical (unpaired) electrons.